The van der Waals surface area contributed by atoms with Crippen LogP contribution in [0.5, 0.6) is 11.5 Å². The Labute approximate surface area is 167 Å². The number of nitrogens with one attached hydrogen (secondary N) is 1. The van der Waals surface area contributed by atoms with Crippen LogP contribution >= 0.6 is 15.9 Å². The molecular weight excluding hydrogens is 435 g/mol. The number of hydrogen-bond acceptors (Lipinski definition) is 5. The van der Waals surface area contributed by atoms with Crippen LogP contribution in [-0.4, -0.2) is 32.1 Å². The average Bonchev–Trinajstić information content (AvgIpc) is 2.66. The topological polar surface area (TPSA) is 84.9 Å². The lowest BCUT2D eigenvalue weighted by molar-refractivity contribution is -0.122. The summed E-state index contributed by atoms with van der Waals surface area (Å²) in [6, 6.07) is 7.43. The fourth-order valence-electron chi connectivity index (χ4n) is 2.70. The lowest BCUT2D eigenvalue weighted by Crippen LogP contribution is -2.54. The van der Waals surface area contributed by atoms with Gasteiger partial charge in [-0.05, 0) is 51.8 Å². The molecule has 0 atom stereocenters. The van der Waals surface area contributed by atoms with Gasteiger partial charge in [0.15, 0.2) is 11.5 Å². The van der Waals surface area contributed by atoms with Gasteiger partial charge in [0, 0.05) is 0 Å². The highest BCUT2D eigenvalue weighted by molar-refractivity contribution is 9.10. The Kier molecular flexibility index (Phi) is 5.46. The highest BCUT2D eigenvalue weighted by atomic mass is 79.9. The minimum absolute atomic E-state index is 0.253. The summed E-state index contributed by atoms with van der Waals surface area (Å²) < 4.78 is 25.1. The molecule has 0 saturated carbocycles. The van der Waals surface area contributed by atoms with Crippen molar-refractivity contribution >= 4 is 45.5 Å². The summed E-state index contributed by atoms with van der Waals surface area (Å²) in [6.07, 6.45) is 1.28. The molecule has 1 N–H and O–H groups in total. The number of nitrogens with zero attached hydrogens (tertiary/aromatic N) is 1. The Morgan fingerprint density at radius 3 is 2.46 bits per heavy atom. The van der Waals surface area contributed by atoms with Crippen molar-refractivity contribution in [2.24, 2.45) is 0 Å². The monoisotopic (exact) mass is 448 g/mol. The molecule has 1 fully saturated rings. The Balaban J connectivity index is 2.07. The summed E-state index contributed by atoms with van der Waals surface area (Å²) in [4.78, 5) is 37.8. The van der Waals surface area contributed by atoms with Gasteiger partial charge in [-0.25, -0.2) is 14.1 Å². The maximum absolute atomic E-state index is 14.1. The summed E-state index contributed by atoms with van der Waals surface area (Å²) in [7, 11) is 2.91. The zero-order chi connectivity index (χ0) is 20.4. The number of hydrogen-bond donors (Lipinski definition) is 1. The second-order valence-electron chi connectivity index (χ2n) is 5.65. The molecule has 1 aliphatic heterocycles. The Hall–Kier alpha value is -3.20. The first-order chi connectivity index (χ1) is 13.4. The molecular formula is C19H14BrFN2O5. The number of amides is 4. The Morgan fingerprint density at radius 2 is 1.82 bits per heavy atom. The van der Waals surface area contributed by atoms with Crippen LogP contribution < -0.4 is 19.7 Å². The van der Waals surface area contributed by atoms with Gasteiger partial charge in [-0.3, -0.25) is 14.9 Å². The van der Waals surface area contributed by atoms with Crippen molar-refractivity contribution in [3.05, 3.63) is 57.8 Å². The SMILES string of the molecule is COc1cc(/C=C2/C(=O)NC(=O)N(c3ccccc3F)C2=O)cc(Br)c1OC. The number of benzene rings is 2. The molecule has 7 nitrogen and oxygen atoms in total. The van der Waals surface area contributed by atoms with Gasteiger partial charge in [-0.15, -0.1) is 0 Å². The first-order valence-electron chi connectivity index (χ1n) is 7.95. The van der Waals surface area contributed by atoms with Crippen LogP contribution in [-0.2, 0) is 9.59 Å². The molecule has 0 unspecified atom stereocenters. The first kappa shape index (κ1) is 19.6. The zero-order valence-electron chi connectivity index (χ0n) is 14.8. The van der Waals surface area contributed by atoms with E-state index in [0.717, 1.165) is 6.07 Å². The van der Waals surface area contributed by atoms with Gasteiger partial charge in [-0.1, -0.05) is 12.1 Å². The molecule has 9 heteroatoms. The van der Waals surface area contributed by atoms with E-state index in [1.165, 1.54) is 38.5 Å². The molecule has 1 heterocycles. The number of anilines is 1. The van der Waals surface area contributed by atoms with E-state index >= 15 is 0 Å². The van der Waals surface area contributed by atoms with E-state index in [-0.39, 0.29) is 11.3 Å². The van der Waals surface area contributed by atoms with Gasteiger partial charge >= 0.3 is 6.03 Å². The van der Waals surface area contributed by atoms with Crippen molar-refractivity contribution < 1.29 is 28.2 Å². The number of ether oxygens (including phenoxy) is 2. The largest absolute Gasteiger partial charge is 0.493 e. The van der Waals surface area contributed by atoms with Crippen molar-refractivity contribution in [2.45, 2.75) is 0 Å². The quantitative estimate of drug-likeness (QED) is 0.572. The zero-order valence-corrected chi connectivity index (χ0v) is 16.4. The predicted octanol–water partition coefficient (Wildman–Crippen LogP) is 3.27. The number of imide groups is 2. The van der Waals surface area contributed by atoms with Crippen molar-refractivity contribution in [2.75, 3.05) is 19.1 Å². The molecule has 28 heavy (non-hydrogen) atoms. The molecule has 0 radical (unpaired) electrons. The number of para-hydroxylation sites is 1. The van der Waals surface area contributed by atoms with Crippen LogP contribution in [0.25, 0.3) is 6.08 Å². The van der Waals surface area contributed by atoms with E-state index in [1.807, 2.05) is 5.32 Å². The van der Waals surface area contributed by atoms with E-state index < -0.39 is 23.7 Å². The first-order valence-corrected chi connectivity index (χ1v) is 8.74. The second kappa shape index (κ2) is 7.81. The second-order valence-corrected chi connectivity index (χ2v) is 6.50. The lowest BCUT2D eigenvalue weighted by Gasteiger charge is -2.26. The van der Waals surface area contributed by atoms with Gasteiger partial charge in [0.2, 0.25) is 0 Å². The maximum Gasteiger partial charge on any atom is 0.336 e. The van der Waals surface area contributed by atoms with Gasteiger partial charge in [0.25, 0.3) is 11.8 Å². The minimum atomic E-state index is -1.02. The number of carbonyl (C=O) groups excluding carboxylic acids is 3. The minimum Gasteiger partial charge on any atom is -0.493 e. The number of halogens is 2. The number of carbonyl (C=O) groups is 3. The smallest absolute Gasteiger partial charge is 0.336 e. The third-order valence-electron chi connectivity index (χ3n) is 3.96. The maximum atomic E-state index is 14.1. The summed E-state index contributed by atoms with van der Waals surface area (Å²) in [6.45, 7) is 0. The van der Waals surface area contributed by atoms with Crippen molar-refractivity contribution in [3.8, 4) is 11.5 Å². The molecule has 0 bridgehead atoms. The van der Waals surface area contributed by atoms with Crippen LogP contribution in [0.15, 0.2) is 46.4 Å². The molecule has 0 aliphatic carbocycles. The van der Waals surface area contributed by atoms with Crippen LogP contribution in [0.3, 0.4) is 0 Å². The van der Waals surface area contributed by atoms with Gasteiger partial charge < -0.3 is 9.47 Å². The highest BCUT2D eigenvalue weighted by Crippen LogP contribution is 2.37. The highest BCUT2D eigenvalue weighted by Gasteiger charge is 2.38. The van der Waals surface area contributed by atoms with Crippen LogP contribution in [0, 0.1) is 5.82 Å². The molecule has 1 aliphatic rings. The molecule has 1 saturated heterocycles. The van der Waals surface area contributed by atoms with Crippen molar-refractivity contribution in [1.82, 2.24) is 5.32 Å². The van der Waals surface area contributed by atoms with E-state index in [4.69, 9.17) is 9.47 Å². The molecule has 144 valence electrons. The summed E-state index contributed by atoms with van der Waals surface area (Å²) in [5.74, 6) is -1.78. The normalized spacial score (nSPS) is 15.6. The number of rotatable bonds is 4. The average molecular weight is 449 g/mol. The fourth-order valence-corrected chi connectivity index (χ4v) is 3.32. The number of urea groups is 1. The van der Waals surface area contributed by atoms with E-state index in [0.29, 0.717) is 26.4 Å². The molecule has 2 aromatic rings. The standard InChI is InChI=1S/C19H14BrFN2O5/c1-27-15-9-10(8-12(20)16(15)28-2)7-11-17(24)22-19(26)23(18(11)25)14-6-4-3-5-13(14)21/h3-9H,1-2H3,(H,22,24,26)/b11-7-. The molecule has 4 amide bonds. The summed E-state index contributed by atoms with van der Waals surface area (Å²) >= 11 is 3.33. The summed E-state index contributed by atoms with van der Waals surface area (Å²) in [5.41, 5.74) is -0.148. The Morgan fingerprint density at radius 1 is 1.11 bits per heavy atom. The van der Waals surface area contributed by atoms with E-state index in [9.17, 15) is 18.8 Å². The van der Waals surface area contributed by atoms with Crippen LogP contribution in [0.4, 0.5) is 14.9 Å². The van der Waals surface area contributed by atoms with Crippen LogP contribution in [0.1, 0.15) is 5.56 Å². The van der Waals surface area contributed by atoms with Crippen LogP contribution in [0.2, 0.25) is 0 Å². The summed E-state index contributed by atoms with van der Waals surface area (Å²) in [5, 5.41) is 2.05. The molecule has 0 aromatic heterocycles. The fraction of sp³-hybridized carbons (Fsp3) is 0.105. The molecule has 2 aromatic carbocycles. The third-order valence-corrected chi connectivity index (χ3v) is 4.55. The third kappa shape index (κ3) is 3.48. The van der Waals surface area contributed by atoms with Crippen molar-refractivity contribution in [1.29, 1.82) is 0 Å². The van der Waals surface area contributed by atoms with E-state index in [1.54, 1.807) is 12.1 Å². The number of methoxy groups -OCH3 is 2. The van der Waals surface area contributed by atoms with Crippen molar-refractivity contribution in [3.63, 3.8) is 0 Å². The van der Waals surface area contributed by atoms with Gasteiger partial charge in [0.05, 0.1) is 24.4 Å². The lowest BCUT2D eigenvalue weighted by atomic mass is 10.1. The number of barbiturate groups is 1. The van der Waals surface area contributed by atoms with Gasteiger partial charge in [0.1, 0.15) is 11.4 Å². The molecule has 0 spiro atoms. The Bertz CT molecular complexity index is 1020. The van der Waals surface area contributed by atoms with E-state index in [2.05, 4.69) is 15.9 Å². The van der Waals surface area contributed by atoms with Gasteiger partial charge in [-0.2, -0.15) is 0 Å². The predicted molar refractivity (Wildman–Crippen MR) is 103 cm³/mol. The molecule has 3 rings (SSSR count).